The molecule has 20 heavy (non-hydrogen) atoms. The number of nitrogens with zero attached hydrogens (tertiary/aromatic N) is 3. The summed E-state index contributed by atoms with van der Waals surface area (Å²) >= 11 is 0. The third kappa shape index (κ3) is 2.79. The van der Waals surface area contributed by atoms with E-state index in [1.807, 2.05) is 43.1 Å². The Morgan fingerprint density at radius 2 is 1.95 bits per heavy atom. The smallest absolute Gasteiger partial charge is 0.224 e. The van der Waals surface area contributed by atoms with E-state index < -0.39 is 0 Å². The van der Waals surface area contributed by atoms with Crippen LogP contribution in [0.5, 0.6) is 0 Å². The molecule has 0 aliphatic rings. The first-order valence-corrected chi connectivity index (χ1v) is 6.48. The van der Waals surface area contributed by atoms with Gasteiger partial charge in [-0.2, -0.15) is 0 Å². The number of para-hydroxylation sites is 2. The minimum absolute atomic E-state index is 0.0100. The number of hydrogen-bond acceptors (Lipinski definition) is 5. The summed E-state index contributed by atoms with van der Waals surface area (Å²) < 4.78 is 0. The number of fused-ring (bicyclic) bond motifs is 1. The summed E-state index contributed by atoms with van der Waals surface area (Å²) in [6.45, 7) is 2.39. The summed E-state index contributed by atoms with van der Waals surface area (Å²) in [7, 11) is 3.48. The first-order valence-electron chi connectivity index (χ1n) is 6.48. The van der Waals surface area contributed by atoms with Crippen molar-refractivity contribution < 1.29 is 4.79 Å². The van der Waals surface area contributed by atoms with Crippen molar-refractivity contribution >= 4 is 28.6 Å². The van der Waals surface area contributed by atoms with Crippen LogP contribution < -0.4 is 16.0 Å². The summed E-state index contributed by atoms with van der Waals surface area (Å²) in [5, 5.41) is 2.63. The maximum atomic E-state index is 11.6. The topological polar surface area (TPSA) is 84.1 Å². The van der Waals surface area contributed by atoms with Gasteiger partial charge in [-0.25, -0.2) is 9.97 Å². The lowest BCUT2D eigenvalue weighted by Gasteiger charge is -2.22. The average Bonchev–Trinajstić information content (AvgIpc) is 2.45. The first-order chi connectivity index (χ1) is 9.52. The van der Waals surface area contributed by atoms with Gasteiger partial charge in [-0.3, -0.25) is 4.79 Å². The summed E-state index contributed by atoms with van der Waals surface area (Å²) in [4.78, 5) is 22.3. The van der Waals surface area contributed by atoms with Gasteiger partial charge >= 0.3 is 0 Å². The maximum absolute atomic E-state index is 11.6. The van der Waals surface area contributed by atoms with Crippen LogP contribution in [0.1, 0.15) is 6.92 Å². The zero-order valence-electron chi connectivity index (χ0n) is 11.9. The summed E-state index contributed by atoms with van der Waals surface area (Å²) in [6, 6.07) is 7.56. The first kappa shape index (κ1) is 14.0. The quantitative estimate of drug-likeness (QED) is 0.869. The predicted molar refractivity (Wildman–Crippen MR) is 80.5 cm³/mol. The number of anilines is 2. The molecule has 1 atom stereocenters. The number of carbonyl (C=O) groups excluding carboxylic acids is 1. The molecule has 3 N–H and O–H groups in total. The average molecular weight is 273 g/mol. The molecule has 6 heteroatoms. The Kier molecular flexibility index (Phi) is 4.02. The second-order valence-corrected chi connectivity index (χ2v) is 4.82. The lowest BCUT2D eigenvalue weighted by molar-refractivity contribution is -0.123. The van der Waals surface area contributed by atoms with Crippen molar-refractivity contribution in [1.29, 1.82) is 0 Å². The van der Waals surface area contributed by atoms with E-state index in [0.717, 1.165) is 11.0 Å². The molecule has 0 radical (unpaired) electrons. The Balaban J connectivity index is 2.27. The van der Waals surface area contributed by atoms with Crippen LogP contribution in [0.15, 0.2) is 24.3 Å². The number of amides is 1. The molecule has 0 bridgehead atoms. The number of rotatable bonds is 4. The second kappa shape index (κ2) is 5.73. The molecule has 1 heterocycles. The SMILES string of the molecule is CNC(=O)C(C)CN(C)c1nc2ccccc2nc1N. The van der Waals surface area contributed by atoms with Crippen LogP contribution >= 0.6 is 0 Å². The number of benzene rings is 1. The zero-order chi connectivity index (χ0) is 14.7. The Labute approximate surface area is 118 Å². The van der Waals surface area contributed by atoms with Gasteiger partial charge in [0.25, 0.3) is 0 Å². The van der Waals surface area contributed by atoms with E-state index in [1.165, 1.54) is 0 Å². The van der Waals surface area contributed by atoms with E-state index in [0.29, 0.717) is 18.2 Å². The maximum Gasteiger partial charge on any atom is 0.224 e. The third-order valence-corrected chi connectivity index (χ3v) is 3.18. The van der Waals surface area contributed by atoms with Gasteiger partial charge in [0.1, 0.15) is 0 Å². The summed E-state index contributed by atoms with van der Waals surface area (Å²) in [6.07, 6.45) is 0. The van der Waals surface area contributed by atoms with Gasteiger partial charge in [0.05, 0.1) is 17.0 Å². The number of carbonyl (C=O) groups is 1. The highest BCUT2D eigenvalue weighted by atomic mass is 16.1. The third-order valence-electron chi connectivity index (χ3n) is 3.18. The lowest BCUT2D eigenvalue weighted by atomic mass is 10.1. The van der Waals surface area contributed by atoms with Crippen molar-refractivity contribution in [2.75, 3.05) is 31.3 Å². The Morgan fingerprint density at radius 3 is 2.55 bits per heavy atom. The molecule has 0 fully saturated rings. The predicted octanol–water partition coefficient (Wildman–Crippen LogP) is 1.03. The van der Waals surface area contributed by atoms with Crippen LogP contribution in [0, 0.1) is 5.92 Å². The van der Waals surface area contributed by atoms with Crippen LogP contribution in [-0.2, 0) is 4.79 Å². The molecule has 2 aromatic rings. The van der Waals surface area contributed by atoms with Gasteiger partial charge in [-0.15, -0.1) is 0 Å². The summed E-state index contributed by atoms with van der Waals surface area (Å²) in [5.74, 6) is 0.802. The Hall–Kier alpha value is -2.37. The molecule has 0 spiro atoms. The van der Waals surface area contributed by atoms with E-state index in [2.05, 4.69) is 15.3 Å². The highest BCUT2D eigenvalue weighted by Crippen LogP contribution is 2.22. The molecule has 1 aromatic carbocycles. The van der Waals surface area contributed by atoms with Crippen LogP contribution in [0.3, 0.4) is 0 Å². The molecular formula is C14H19N5O. The molecule has 0 aliphatic heterocycles. The fourth-order valence-corrected chi connectivity index (χ4v) is 2.11. The fraction of sp³-hybridized carbons (Fsp3) is 0.357. The van der Waals surface area contributed by atoms with Gasteiger partial charge in [-0.05, 0) is 12.1 Å². The van der Waals surface area contributed by atoms with E-state index in [4.69, 9.17) is 5.73 Å². The molecule has 106 valence electrons. The summed E-state index contributed by atoms with van der Waals surface area (Å²) in [5.41, 5.74) is 7.51. The van der Waals surface area contributed by atoms with Crippen molar-refractivity contribution in [1.82, 2.24) is 15.3 Å². The van der Waals surface area contributed by atoms with Gasteiger partial charge in [-0.1, -0.05) is 19.1 Å². The fourth-order valence-electron chi connectivity index (χ4n) is 2.11. The number of nitrogens with two attached hydrogens (primary N) is 1. The van der Waals surface area contributed by atoms with E-state index in [1.54, 1.807) is 7.05 Å². The lowest BCUT2D eigenvalue weighted by Crippen LogP contribution is -2.35. The van der Waals surface area contributed by atoms with Crippen molar-refractivity contribution in [3.8, 4) is 0 Å². The van der Waals surface area contributed by atoms with Gasteiger partial charge < -0.3 is 16.0 Å². The Morgan fingerprint density at radius 1 is 1.35 bits per heavy atom. The van der Waals surface area contributed by atoms with Crippen molar-refractivity contribution in [2.45, 2.75) is 6.92 Å². The van der Waals surface area contributed by atoms with E-state index in [-0.39, 0.29) is 11.8 Å². The van der Waals surface area contributed by atoms with Crippen molar-refractivity contribution in [3.05, 3.63) is 24.3 Å². The highest BCUT2D eigenvalue weighted by Gasteiger charge is 2.17. The standard InChI is InChI=1S/C14H19N5O/c1-9(14(20)16-2)8-19(3)13-12(15)17-10-6-4-5-7-11(10)18-13/h4-7,9H,8H2,1-3H3,(H2,15,17)(H,16,20). The molecular weight excluding hydrogens is 254 g/mol. The van der Waals surface area contributed by atoms with Gasteiger partial charge in [0, 0.05) is 20.6 Å². The minimum atomic E-state index is -0.155. The van der Waals surface area contributed by atoms with Crippen molar-refractivity contribution in [3.63, 3.8) is 0 Å². The number of aromatic nitrogens is 2. The van der Waals surface area contributed by atoms with Crippen LogP contribution in [0.2, 0.25) is 0 Å². The van der Waals surface area contributed by atoms with E-state index >= 15 is 0 Å². The molecule has 1 amide bonds. The number of nitrogens with one attached hydrogen (secondary N) is 1. The number of hydrogen-bond donors (Lipinski definition) is 2. The van der Waals surface area contributed by atoms with Crippen LogP contribution in [0.25, 0.3) is 11.0 Å². The number of nitrogen functional groups attached to an aromatic ring is 1. The zero-order valence-corrected chi connectivity index (χ0v) is 11.9. The monoisotopic (exact) mass is 273 g/mol. The normalized spacial score (nSPS) is 12.2. The highest BCUT2D eigenvalue weighted by molar-refractivity contribution is 5.81. The Bertz CT molecular complexity index is 628. The molecule has 0 aliphatic carbocycles. The van der Waals surface area contributed by atoms with Crippen molar-refractivity contribution in [2.24, 2.45) is 5.92 Å². The van der Waals surface area contributed by atoms with Gasteiger partial charge in [0.15, 0.2) is 11.6 Å². The largest absolute Gasteiger partial charge is 0.381 e. The molecule has 2 rings (SSSR count). The second-order valence-electron chi connectivity index (χ2n) is 4.82. The molecule has 6 nitrogen and oxygen atoms in total. The minimum Gasteiger partial charge on any atom is -0.381 e. The van der Waals surface area contributed by atoms with Crippen LogP contribution in [0.4, 0.5) is 11.6 Å². The van der Waals surface area contributed by atoms with E-state index in [9.17, 15) is 4.79 Å². The molecule has 0 saturated carbocycles. The molecule has 1 unspecified atom stereocenters. The van der Waals surface area contributed by atoms with Crippen LogP contribution in [-0.4, -0.2) is 36.5 Å². The van der Waals surface area contributed by atoms with Gasteiger partial charge in [0.2, 0.25) is 5.91 Å². The molecule has 0 saturated heterocycles. The molecule has 1 aromatic heterocycles.